The molecule has 0 aliphatic carbocycles. The fourth-order valence-corrected chi connectivity index (χ4v) is 2.85. The van der Waals surface area contributed by atoms with Crippen LogP contribution in [0.1, 0.15) is 64.7 Å². The van der Waals surface area contributed by atoms with E-state index in [1.807, 2.05) is 30.3 Å². The first kappa shape index (κ1) is 20.3. The lowest BCUT2D eigenvalue weighted by Crippen LogP contribution is -2.15. The number of rotatable bonds is 14. The lowest BCUT2D eigenvalue weighted by Gasteiger charge is -2.17. The minimum absolute atomic E-state index is 0.00172. The number of unbranched alkanes of at least 4 members (excludes halogenated alkanes) is 6. The maximum Gasteiger partial charge on any atom is 0.331 e. The van der Waals surface area contributed by atoms with E-state index in [0.29, 0.717) is 18.6 Å². The van der Waals surface area contributed by atoms with Crippen LogP contribution >= 0.6 is 0 Å². The number of carboxylic acid groups (broad SMARTS) is 1. The summed E-state index contributed by atoms with van der Waals surface area (Å²) in [5, 5.41) is 9.23. The van der Waals surface area contributed by atoms with Gasteiger partial charge < -0.3 is 9.84 Å². The molecule has 0 fully saturated rings. The van der Waals surface area contributed by atoms with Crippen LogP contribution in [0.5, 0.6) is 5.75 Å². The molecule has 1 unspecified atom stereocenters. The topological polar surface area (TPSA) is 46.5 Å². The maximum atomic E-state index is 11.2. The van der Waals surface area contributed by atoms with E-state index in [1.54, 1.807) is 0 Å². The van der Waals surface area contributed by atoms with Crippen LogP contribution in [-0.2, 0) is 4.79 Å². The molecule has 0 radical (unpaired) electrons. The molecule has 0 saturated heterocycles. The molecule has 0 aliphatic heterocycles. The molecule has 0 aromatic heterocycles. The van der Waals surface area contributed by atoms with E-state index in [2.05, 4.69) is 13.5 Å². The molecule has 0 spiro atoms. The van der Waals surface area contributed by atoms with Gasteiger partial charge in [0.1, 0.15) is 5.75 Å². The highest BCUT2D eigenvalue weighted by Gasteiger charge is 2.18. The third-order valence-corrected chi connectivity index (χ3v) is 4.40. The van der Waals surface area contributed by atoms with Gasteiger partial charge in [-0.1, -0.05) is 76.6 Å². The second-order valence-corrected chi connectivity index (χ2v) is 6.39. The summed E-state index contributed by atoms with van der Waals surface area (Å²) in [6.07, 6.45) is 10.3. The van der Waals surface area contributed by atoms with E-state index in [9.17, 15) is 9.90 Å². The summed E-state index contributed by atoms with van der Waals surface area (Å²) in [7, 11) is 0. The summed E-state index contributed by atoms with van der Waals surface area (Å²) >= 11 is 0. The summed E-state index contributed by atoms with van der Waals surface area (Å²) in [5.41, 5.74) is 0.317. The van der Waals surface area contributed by atoms with E-state index in [4.69, 9.17) is 4.74 Å². The van der Waals surface area contributed by atoms with Gasteiger partial charge >= 0.3 is 5.97 Å². The van der Waals surface area contributed by atoms with E-state index in [-0.39, 0.29) is 5.92 Å². The molecule has 0 saturated carbocycles. The van der Waals surface area contributed by atoms with Gasteiger partial charge in [-0.3, -0.25) is 0 Å². The van der Waals surface area contributed by atoms with Crippen molar-refractivity contribution in [3.63, 3.8) is 0 Å². The van der Waals surface area contributed by atoms with Crippen molar-refractivity contribution in [2.24, 2.45) is 5.92 Å². The standard InChI is InChI=1S/C21H32O3/c1-3-4-5-6-7-8-10-13-19(18(2)21(22)23)16-17-24-20-14-11-9-12-15-20/h9,11-12,14-15,19H,2-8,10,13,16-17H2,1H3,(H,22,23). The molecule has 134 valence electrons. The molecule has 0 aliphatic rings. The summed E-state index contributed by atoms with van der Waals surface area (Å²) in [6, 6.07) is 9.64. The molecule has 0 amide bonds. The fourth-order valence-electron chi connectivity index (χ4n) is 2.85. The molecular weight excluding hydrogens is 300 g/mol. The van der Waals surface area contributed by atoms with Gasteiger partial charge in [-0.15, -0.1) is 0 Å². The van der Waals surface area contributed by atoms with Crippen molar-refractivity contribution in [2.75, 3.05) is 6.61 Å². The summed E-state index contributed by atoms with van der Waals surface area (Å²) < 4.78 is 5.70. The van der Waals surface area contributed by atoms with Crippen LogP contribution in [0, 0.1) is 5.92 Å². The Hall–Kier alpha value is -1.77. The molecule has 0 bridgehead atoms. The molecule has 3 nitrogen and oxygen atoms in total. The van der Waals surface area contributed by atoms with E-state index < -0.39 is 5.97 Å². The Labute approximate surface area is 146 Å². The molecule has 1 aromatic rings. The third-order valence-electron chi connectivity index (χ3n) is 4.40. The van der Waals surface area contributed by atoms with Crippen molar-refractivity contribution in [3.8, 4) is 5.75 Å². The minimum atomic E-state index is -0.886. The van der Waals surface area contributed by atoms with Gasteiger partial charge in [0, 0.05) is 5.57 Å². The molecule has 0 heterocycles. The number of carboxylic acids is 1. The predicted octanol–water partition coefficient (Wildman–Crippen LogP) is 5.85. The Morgan fingerprint density at radius 3 is 2.29 bits per heavy atom. The SMILES string of the molecule is C=C(C(=O)O)C(CCCCCCCCC)CCOc1ccccc1. The summed E-state index contributed by atoms with van der Waals surface area (Å²) in [6.45, 7) is 6.51. The number of aliphatic carboxylic acids is 1. The van der Waals surface area contributed by atoms with Gasteiger partial charge in [0.05, 0.1) is 6.61 Å². The summed E-state index contributed by atoms with van der Waals surface area (Å²) in [5.74, 6) is -0.0578. The zero-order chi connectivity index (χ0) is 17.6. The first-order valence-electron chi connectivity index (χ1n) is 9.25. The van der Waals surface area contributed by atoms with Crippen LogP contribution in [0.3, 0.4) is 0 Å². The zero-order valence-corrected chi connectivity index (χ0v) is 15.0. The van der Waals surface area contributed by atoms with Gasteiger partial charge in [0.15, 0.2) is 0 Å². The number of ether oxygens (including phenoxy) is 1. The first-order valence-corrected chi connectivity index (χ1v) is 9.25. The second-order valence-electron chi connectivity index (χ2n) is 6.39. The van der Waals surface area contributed by atoms with Crippen molar-refractivity contribution < 1.29 is 14.6 Å². The van der Waals surface area contributed by atoms with Gasteiger partial charge in [0.25, 0.3) is 0 Å². The largest absolute Gasteiger partial charge is 0.494 e. The Balaban J connectivity index is 2.30. The highest BCUT2D eigenvalue weighted by atomic mass is 16.5. The van der Waals surface area contributed by atoms with Crippen molar-refractivity contribution in [2.45, 2.75) is 64.7 Å². The van der Waals surface area contributed by atoms with Crippen LogP contribution < -0.4 is 4.74 Å². The van der Waals surface area contributed by atoms with Crippen LogP contribution in [0.25, 0.3) is 0 Å². The molecular formula is C21H32O3. The van der Waals surface area contributed by atoms with E-state index >= 15 is 0 Å². The average Bonchev–Trinajstić information content (AvgIpc) is 2.59. The monoisotopic (exact) mass is 332 g/mol. The quantitative estimate of drug-likeness (QED) is 0.343. The fraction of sp³-hybridized carbons (Fsp3) is 0.571. The van der Waals surface area contributed by atoms with Crippen LogP contribution in [0.15, 0.2) is 42.5 Å². The van der Waals surface area contributed by atoms with Gasteiger partial charge in [-0.2, -0.15) is 0 Å². The molecule has 1 rings (SSSR count). The normalized spacial score (nSPS) is 11.9. The highest BCUT2D eigenvalue weighted by Crippen LogP contribution is 2.23. The number of hydrogen-bond donors (Lipinski definition) is 1. The Morgan fingerprint density at radius 2 is 1.67 bits per heavy atom. The maximum absolute atomic E-state index is 11.2. The van der Waals surface area contributed by atoms with Crippen molar-refractivity contribution >= 4 is 5.97 Å². The van der Waals surface area contributed by atoms with Crippen molar-refractivity contribution in [1.82, 2.24) is 0 Å². The lowest BCUT2D eigenvalue weighted by atomic mass is 9.91. The van der Waals surface area contributed by atoms with Crippen molar-refractivity contribution in [3.05, 3.63) is 42.5 Å². The molecule has 1 atom stereocenters. The zero-order valence-electron chi connectivity index (χ0n) is 15.0. The number of benzene rings is 1. The molecule has 1 N–H and O–H groups in total. The Kier molecular flexibility index (Phi) is 10.7. The number of para-hydroxylation sites is 1. The Morgan fingerprint density at radius 1 is 1.04 bits per heavy atom. The van der Waals surface area contributed by atoms with Crippen LogP contribution in [-0.4, -0.2) is 17.7 Å². The molecule has 3 heteroatoms. The summed E-state index contributed by atoms with van der Waals surface area (Å²) in [4.78, 5) is 11.2. The predicted molar refractivity (Wildman–Crippen MR) is 99.4 cm³/mol. The molecule has 24 heavy (non-hydrogen) atoms. The van der Waals surface area contributed by atoms with E-state index in [1.165, 1.54) is 38.5 Å². The highest BCUT2D eigenvalue weighted by molar-refractivity contribution is 5.86. The van der Waals surface area contributed by atoms with Crippen LogP contribution in [0.2, 0.25) is 0 Å². The Bertz CT molecular complexity index is 467. The molecule has 1 aromatic carbocycles. The third kappa shape index (κ3) is 8.76. The average molecular weight is 332 g/mol. The van der Waals surface area contributed by atoms with Crippen LogP contribution in [0.4, 0.5) is 0 Å². The minimum Gasteiger partial charge on any atom is -0.494 e. The van der Waals surface area contributed by atoms with Crippen molar-refractivity contribution in [1.29, 1.82) is 0 Å². The van der Waals surface area contributed by atoms with Gasteiger partial charge in [-0.25, -0.2) is 4.79 Å². The van der Waals surface area contributed by atoms with Gasteiger partial charge in [0.2, 0.25) is 0 Å². The lowest BCUT2D eigenvalue weighted by molar-refractivity contribution is -0.133. The van der Waals surface area contributed by atoms with Gasteiger partial charge in [-0.05, 0) is 30.9 Å². The van der Waals surface area contributed by atoms with E-state index in [0.717, 1.165) is 18.6 Å². The smallest absolute Gasteiger partial charge is 0.331 e. The number of carbonyl (C=O) groups is 1. The second kappa shape index (κ2) is 12.6. The first-order chi connectivity index (χ1) is 11.6. The number of hydrogen-bond acceptors (Lipinski definition) is 2.